The van der Waals surface area contributed by atoms with Crippen LogP contribution in [0.1, 0.15) is 18.3 Å². The van der Waals surface area contributed by atoms with Crippen LogP contribution in [0.5, 0.6) is 5.75 Å². The molecule has 0 atom stereocenters. The number of nitrogens with zero attached hydrogens (tertiary/aromatic N) is 2. The maximum atomic E-state index is 5.39. The van der Waals surface area contributed by atoms with Crippen LogP contribution in [-0.2, 0) is 6.42 Å². The van der Waals surface area contributed by atoms with E-state index in [9.17, 15) is 0 Å². The quantitative estimate of drug-likeness (QED) is 0.853. The number of aromatic nitrogens is 2. The van der Waals surface area contributed by atoms with E-state index in [4.69, 9.17) is 4.74 Å². The zero-order valence-electron chi connectivity index (χ0n) is 12.2. The standard InChI is InChI=1S/C15H19N3OS/c1-5-13-17-14(16-3)10(2)15(18-13)20-12-9-7-6-8-11(12)19-4/h6-9H,5H2,1-4H3,(H,16,17,18). The van der Waals surface area contributed by atoms with E-state index in [2.05, 4.69) is 22.2 Å². The number of hydrogen-bond acceptors (Lipinski definition) is 5. The van der Waals surface area contributed by atoms with Crippen LogP contribution in [0.4, 0.5) is 5.82 Å². The Morgan fingerprint density at radius 3 is 2.65 bits per heavy atom. The van der Waals surface area contributed by atoms with Gasteiger partial charge in [0.1, 0.15) is 22.4 Å². The van der Waals surface area contributed by atoms with E-state index >= 15 is 0 Å². The van der Waals surface area contributed by atoms with Crippen molar-refractivity contribution in [3.05, 3.63) is 35.7 Å². The van der Waals surface area contributed by atoms with Crippen LogP contribution in [0.2, 0.25) is 0 Å². The number of aryl methyl sites for hydroxylation is 1. The fraction of sp³-hybridized carbons (Fsp3) is 0.333. The van der Waals surface area contributed by atoms with Gasteiger partial charge in [-0.15, -0.1) is 0 Å². The number of nitrogens with one attached hydrogen (secondary N) is 1. The lowest BCUT2D eigenvalue weighted by Gasteiger charge is -2.12. The molecular formula is C15H19N3OS. The van der Waals surface area contributed by atoms with Crippen molar-refractivity contribution in [2.75, 3.05) is 19.5 Å². The molecule has 1 heterocycles. The summed E-state index contributed by atoms with van der Waals surface area (Å²) in [6, 6.07) is 7.96. The lowest BCUT2D eigenvalue weighted by molar-refractivity contribution is 0.405. The number of benzene rings is 1. The maximum absolute atomic E-state index is 5.39. The summed E-state index contributed by atoms with van der Waals surface area (Å²) in [6.07, 6.45) is 0.814. The minimum Gasteiger partial charge on any atom is -0.496 e. The third-order valence-electron chi connectivity index (χ3n) is 2.98. The van der Waals surface area contributed by atoms with Gasteiger partial charge >= 0.3 is 0 Å². The summed E-state index contributed by atoms with van der Waals surface area (Å²) in [6.45, 7) is 4.09. The van der Waals surface area contributed by atoms with Crippen LogP contribution < -0.4 is 10.1 Å². The lowest BCUT2D eigenvalue weighted by Crippen LogP contribution is -2.04. The van der Waals surface area contributed by atoms with Gasteiger partial charge in [-0.05, 0) is 19.1 Å². The molecule has 5 heteroatoms. The zero-order valence-corrected chi connectivity index (χ0v) is 13.0. The smallest absolute Gasteiger partial charge is 0.133 e. The van der Waals surface area contributed by atoms with E-state index in [0.29, 0.717) is 0 Å². The third kappa shape index (κ3) is 3.04. The molecule has 1 aromatic carbocycles. The highest BCUT2D eigenvalue weighted by atomic mass is 32.2. The van der Waals surface area contributed by atoms with Gasteiger partial charge in [-0.3, -0.25) is 0 Å². The third-order valence-corrected chi connectivity index (χ3v) is 4.12. The van der Waals surface area contributed by atoms with Crippen molar-refractivity contribution in [3.63, 3.8) is 0 Å². The predicted molar refractivity (Wildman–Crippen MR) is 82.8 cm³/mol. The first-order valence-electron chi connectivity index (χ1n) is 6.55. The molecule has 4 nitrogen and oxygen atoms in total. The Morgan fingerprint density at radius 2 is 2.00 bits per heavy atom. The summed E-state index contributed by atoms with van der Waals surface area (Å²) >= 11 is 1.61. The minimum absolute atomic E-state index is 0.814. The summed E-state index contributed by atoms with van der Waals surface area (Å²) < 4.78 is 5.39. The minimum atomic E-state index is 0.814. The number of methoxy groups -OCH3 is 1. The van der Waals surface area contributed by atoms with Crippen molar-refractivity contribution in [1.82, 2.24) is 9.97 Å². The Morgan fingerprint density at radius 1 is 1.25 bits per heavy atom. The largest absolute Gasteiger partial charge is 0.496 e. The summed E-state index contributed by atoms with van der Waals surface area (Å²) in [5.41, 5.74) is 1.06. The molecule has 0 spiro atoms. The first-order valence-corrected chi connectivity index (χ1v) is 7.37. The summed E-state index contributed by atoms with van der Waals surface area (Å²) in [4.78, 5) is 10.2. The Kier molecular flexibility index (Phi) is 4.84. The number of hydrogen-bond donors (Lipinski definition) is 1. The molecule has 0 saturated heterocycles. The second kappa shape index (κ2) is 6.61. The van der Waals surface area contributed by atoms with Crippen LogP contribution in [0.25, 0.3) is 0 Å². The molecule has 2 rings (SSSR count). The van der Waals surface area contributed by atoms with E-state index in [0.717, 1.165) is 39.3 Å². The van der Waals surface area contributed by atoms with E-state index in [1.54, 1.807) is 18.9 Å². The second-order valence-electron chi connectivity index (χ2n) is 4.28. The number of rotatable bonds is 5. The van der Waals surface area contributed by atoms with Gasteiger partial charge in [0.15, 0.2) is 0 Å². The van der Waals surface area contributed by atoms with E-state index in [1.165, 1.54) is 0 Å². The monoisotopic (exact) mass is 289 g/mol. The van der Waals surface area contributed by atoms with Crippen molar-refractivity contribution < 1.29 is 4.74 Å². The molecule has 0 bridgehead atoms. The van der Waals surface area contributed by atoms with Gasteiger partial charge in [0.25, 0.3) is 0 Å². The van der Waals surface area contributed by atoms with Crippen LogP contribution in [-0.4, -0.2) is 24.1 Å². The average Bonchev–Trinajstić information content (AvgIpc) is 2.49. The summed E-state index contributed by atoms with van der Waals surface area (Å²) in [5, 5.41) is 4.09. The molecule has 0 aliphatic carbocycles. The van der Waals surface area contributed by atoms with Gasteiger partial charge in [-0.25, -0.2) is 9.97 Å². The Hall–Kier alpha value is -1.75. The Bertz CT molecular complexity index is 602. The predicted octanol–water partition coefficient (Wildman–Crippen LogP) is 3.55. The molecule has 106 valence electrons. The molecule has 1 N–H and O–H groups in total. The fourth-order valence-electron chi connectivity index (χ4n) is 1.85. The Balaban J connectivity index is 2.42. The van der Waals surface area contributed by atoms with Crippen LogP contribution in [0, 0.1) is 6.92 Å². The molecular weight excluding hydrogens is 270 g/mol. The highest BCUT2D eigenvalue weighted by Gasteiger charge is 2.12. The van der Waals surface area contributed by atoms with Crippen LogP contribution >= 0.6 is 11.8 Å². The van der Waals surface area contributed by atoms with Crippen molar-refractivity contribution in [1.29, 1.82) is 0 Å². The van der Waals surface area contributed by atoms with E-state index in [1.807, 2.05) is 38.2 Å². The van der Waals surface area contributed by atoms with Gasteiger partial charge in [0, 0.05) is 19.0 Å². The molecule has 0 amide bonds. The average molecular weight is 289 g/mol. The number of para-hydroxylation sites is 1. The SMILES string of the molecule is CCc1nc(NC)c(C)c(Sc2ccccc2OC)n1. The molecule has 0 saturated carbocycles. The molecule has 0 unspecified atom stereocenters. The maximum Gasteiger partial charge on any atom is 0.133 e. The summed E-state index contributed by atoms with van der Waals surface area (Å²) in [5.74, 6) is 2.59. The lowest BCUT2D eigenvalue weighted by atomic mass is 10.3. The van der Waals surface area contributed by atoms with Crippen molar-refractivity contribution in [2.24, 2.45) is 0 Å². The van der Waals surface area contributed by atoms with Crippen molar-refractivity contribution in [3.8, 4) is 5.75 Å². The molecule has 1 aromatic heterocycles. The Labute approximate surface area is 124 Å². The molecule has 0 radical (unpaired) electrons. The van der Waals surface area contributed by atoms with Crippen LogP contribution in [0.3, 0.4) is 0 Å². The van der Waals surface area contributed by atoms with Gasteiger partial charge in [-0.1, -0.05) is 30.8 Å². The highest BCUT2D eigenvalue weighted by molar-refractivity contribution is 7.99. The first kappa shape index (κ1) is 14.7. The van der Waals surface area contributed by atoms with E-state index < -0.39 is 0 Å². The second-order valence-corrected chi connectivity index (χ2v) is 5.31. The first-order chi connectivity index (χ1) is 9.69. The van der Waals surface area contributed by atoms with Gasteiger partial charge in [0.2, 0.25) is 0 Å². The molecule has 0 fully saturated rings. The molecule has 2 aromatic rings. The van der Waals surface area contributed by atoms with Gasteiger partial charge in [-0.2, -0.15) is 0 Å². The molecule has 0 aliphatic heterocycles. The van der Waals surface area contributed by atoms with Crippen molar-refractivity contribution >= 4 is 17.6 Å². The molecule has 20 heavy (non-hydrogen) atoms. The number of anilines is 1. The number of ether oxygens (including phenoxy) is 1. The van der Waals surface area contributed by atoms with E-state index in [-0.39, 0.29) is 0 Å². The van der Waals surface area contributed by atoms with Gasteiger partial charge in [0.05, 0.1) is 12.0 Å². The molecule has 0 aliphatic rings. The zero-order chi connectivity index (χ0) is 14.5. The fourth-order valence-corrected chi connectivity index (χ4v) is 2.86. The van der Waals surface area contributed by atoms with Gasteiger partial charge < -0.3 is 10.1 Å². The van der Waals surface area contributed by atoms with Crippen LogP contribution in [0.15, 0.2) is 34.2 Å². The van der Waals surface area contributed by atoms with Crippen molar-refractivity contribution in [2.45, 2.75) is 30.2 Å². The highest BCUT2D eigenvalue weighted by Crippen LogP contribution is 2.36. The normalized spacial score (nSPS) is 10.4. The topological polar surface area (TPSA) is 47.0 Å². The summed E-state index contributed by atoms with van der Waals surface area (Å²) in [7, 11) is 3.56.